The summed E-state index contributed by atoms with van der Waals surface area (Å²) in [6.45, 7) is 8.30. The fourth-order valence-electron chi connectivity index (χ4n) is 3.55. The summed E-state index contributed by atoms with van der Waals surface area (Å²) in [5.74, 6) is 0.884. The smallest absolute Gasteiger partial charge is 0.398 e. The van der Waals surface area contributed by atoms with Crippen molar-refractivity contribution in [3.05, 3.63) is 11.9 Å². The predicted octanol–water partition coefficient (Wildman–Crippen LogP) is 1.28. The highest BCUT2D eigenvalue weighted by Crippen LogP contribution is 2.24. The fourth-order valence-corrected chi connectivity index (χ4v) is 3.55. The molecule has 3 aliphatic rings. The van der Waals surface area contributed by atoms with E-state index in [0.29, 0.717) is 6.04 Å². The first-order valence-electron chi connectivity index (χ1n) is 8.26. The molecular weight excluding hydrogens is 266 g/mol. The molecule has 118 valence electrons. The van der Waals surface area contributed by atoms with Gasteiger partial charge in [0.05, 0.1) is 6.10 Å². The van der Waals surface area contributed by atoms with Crippen LogP contribution < -0.4 is 5.73 Å². The van der Waals surface area contributed by atoms with Gasteiger partial charge in [0, 0.05) is 45.2 Å². The average molecular weight is 294 g/mol. The van der Waals surface area contributed by atoms with Gasteiger partial charge in [0.25, 0.3) is 0 Å². The molecule has 2 fully saturated rings. The van der Waals surface area contributed by atoms with Crippen molar-refractivity contribution in [2.75, 3.05) is 26.3 Å². The molecule has 0 bridgehead atoms. The molecule has 0 spiro atoms. The molecule has 5 heteroatoms. The molecule has 3 rings (SSSR count). The van der Waals surface area contributed by atoms with Crippen LogP contribution in [-0.4, -0.2) is 59.9 Å². The van der Waals surface area contributed by atoms with Crippen LogP contribution in [0.5, 0.6) is 0 Å². The van der Waals surface area contributed by atoms with Crippen molar-refractivity contribution < 1.29 is 14.0 Å². The standard InChI is InChI=1S/C16H28N3O2/c1-12(2)21-16-15(17)11-19(16)14-3-7-18(8-4-14)13-5-9-20-10-6-13/h11-14H,3-10,17H2,1-2H3/q+1. The number of hydrogen-bond acceptors (Lipinski definition) is 4. The monoisotopic (exact) mass is 294 g/mol. The second kappa shape index (κ2) is 6.36. The molecule has 2 N–H and O–H groups in total. The van der Waals surface area contributed by atoms with Crippen molar-refractivity contribution >= 4 is 5.90 Å². The molecule has 2 saturated heterocycles. The summed E-state index contributed by atoms with van der Waals surface area (Å²) in [6.07, 6.45) is 6.96. The second-order valence-electron chi connectivity index (χ2n) is 6.57. The van der Waals surface area contributed by atoms with E-state index in [1.54, 1.807) is 0 Å². The van der Waals surface area contributed by atoms with Crippen LogP contribution in [0.1, 0.15) is 39.5 Å². The van der Waals surface area contributed by atoms with Crippen LogP contribution in [-0.2, 0) is 9.47 Å². The molecule has 0 amide bonds. The minimum atomic E-state index is 0.178. The van der Waals surface area contributed by atoms with Gasteiger partial charge in [-0.3, -0.25) is 4.90 Å². The van der Waals surface area contributed by atoms with E-state index in [0.717, 1.165) is 30.9 Å². The van der Waals surface area contributed by atoms with E-state index >= 15 is 0 Å². The van der Waals surface area contributed by atoms with Gasteiger partial charge in [-0.15, -0.1) is 0 Å². The molecule has 0 aliphatic carbocycles. The van der Waals surface area contributed by atoms with Gasteiger partial charge in [0.1, 0.15) is 0 Å². The first-order chi connectivity index (χ1) is 10.1. The predicted molar refractivity (Wildman–Crippen MR) is 82.2 cm³/mol. The largest absolute Gasteiger partial charge is 0.440 e. The normalized spacial score (nSPS) is 26.0. The number of hydrogen-bond donors (Lipinski definition) is 1. The summed E-state index contributed by atoms with van der Waals surface area (Å²) in [5.41, 5.74) is 6.73. The topological polar surface area (TPSA) is 50.7 Å². The Morgan fingerprint density at radius 1 is 1.24 bits per heavy atom. The van der Waals surface area contributed by atoms with Gasteiger partial charge in [-0.1, -0.05) is 0 Å². The van der Waals surface area contributed by atoms with Gasteiger partial charge in [-0.05, 0) is 26.7 Å². The highest BCUT2D eigenvalue weighted by molar-refractivity contribution is 5.91. The fraction of sp³-hybridized carbons (Fsp3) is 0.812. The Morgan fingerprint density at radius 2 is 1.90 bits per heavy atom. The van der Waals surface area contributed by atoms with Crippen molar-refractivity contribution in [2.45, 2.75) is 57.7 Å². The zero-order valence-electron chi connectivity index (χ0n) is 13.3. The van der Waals surface area contributed by atoms with Gasteiger partial charge >= 0.3 is 5.90 Å². The Labute approximate surface area is 127 Å². The third-order valence-electron chi connectivity index (χ3n) is 4.71. The minimum Gasteiger partial charge on any atom is -0.440 e. The molecule has 0 aromatic carbocycles. The number of piperidine rings is 1. The summed E-state index contributed by atoms with van der Waals surface area (Å²) in [4.78, 5) is 2.65. The second-order valence-corrected chi connectivity index (χ2v) is 6.57. The molecule has 3 aliphatic heterocycles. The summed E-state index contributed by atoms with van der Waals surface area (Å²) >= 11 is 0. The van der Waals surface area contributed by atoms with E-state index in [9.17, 15) is 0 Å². The third-order valence-corrected chi connectivity index (χ3v) is 4.71. The Morgan fingerprint density at radius 3 is 2.48 bits per heavy atom. The van der Waals surface area contributed by atoms with Gasteiger partial charge in [0.2, 0.25) is 11.9 Å². The lowest BCUT2D eigenvalue weighted by molar-refractivity contribution is -0.526. The lowest BCUT2D eigenvalue weighted by atomic mass is 9.98. The number of nitrogens with zero attached hydrogens (tertiary/aromatic N) is 2. The minimum absolute atomic E-state index is 0.178. The molecule has 0 unspecified atom stereocenters. The lowest BCUT2D eigenvalue weighted by Crippen LogP contribution is -2.50. The molecular formula is C16H28N3O2+. The first-order valence-corrected chi connectivity index (χ1v) is 8.26. The highest BCUT2D eigenvalue weighted by atomic mass is 16.5. The average Bonchev–Trinajstić information content (AvgIpc) is 2.51. The van der Waals surface area contributed by atoms with Gasteiger partial charge in [0.15, 0.2) is 6.04 Å². The zero-order valence-corrected chi connectivity index (χ0v) is 13.3. The van der Waals surface area contributed by atoms with E-state index in [1.165, 1.54) is 38.8 Å². The van der Waals surface area contributed by atoms with Crippen LogP contribution in [0.3, 0.4) is 0 Å². The molecule has 0 radical (unpaired) electrons. The zero-order chi connectivity index (χ0) is 14.8. The number of ether oxygens (including phenoxy) is 2. The van der Waals surface area contributed by atoms with Crippen LogP contribution in [0.25, 0.3) is 0 Å². The van der Waals surface area contributed by atoms with Crippen LogP contribution in [0.15, 0.2) is 11.9 Å². The maximum absolute atomic E-state index is 5.95. The van der Waals surface area contributed by atoms with Crippen molar-refractivity contribution in [3.63, 3.8) is 0 Å². The van der Waals surface area contributed by atoms with E-state index in [1.807, 2.05) is 20.0 Å². The van der Waals surface area contributed by atoms with Gasteiger partial charge in [-0.2, -0.15) is 4.58 Å². The molecule has 3 heterocycles. The molecule has 0 aromatic rings. The number of nitrogens with two attached hydrogens (primary N) is 1. The first kappa shape index (κ1) is 14.9. The lowest BCUT2D eigenvalue weighted by Gasteiger charge is -2.38. The van der Waals surface area contributed by atoms with Crippen molar-refractivity contribution in [1.82, 2.24) is 4.90 Å². The Bertz CT molecular complexity index is 431. The summed E-state index contributed by atoms with van der Waals surface area (Å²) < 4.78 is 13.5. The number of likely N-dealkylation sites (tertiary alicyclic amines) is 1. The van der Waals surface area contributed by atoms with Crippen LogP contribution >= 0.6 is 0 Å². The van der Waals surface area contributed by atoms with E-state index < -0.39 is 0 Å². The molecule has 0 aromatic heterocycles. The number of rotatable bonds is 3. The van der Waals surface area contributed by atoms with Crippen LogP contribution in [0.2, 0.25) is 0 Å². The summed E-state index contributed by atoms with van der Waals surface area (Å²) in [7, 11) is 0. The quantitative estimate of drug-likeness (QED) is 0.797. The summed E-state index contributed by atoms with van der Waals surface area (Å²) in [5, 5.41) is 0. The van der Waals surface area contributed by atoms with Gasteiger partial charge in [-0.25, -0.2) is 0 Å². The van der Waals surface area contributed by atoms with E-state index in [2.05, 4.69) is 9.48 Å². The Kier molecular flexibility index (Phi) is 4.50. The Hall–Kier alpha value is -1.07. The highest BCUT2D eigenvalue weighted by Gasteiger charge is 2.39. The van der Waals surface area contributed by atoms with Crippen molar-refractivity contribution in [3.8, 4) is 0 Å². The maximum atomic E-state index is 5.95. The van der Waals surface area contributed by atoms with Crippen LogP contribution in [0, 0.1) is 0 Å². The van der Waals surface area contributed by atoms with Crippen molar-refractivity contribution in [1.29, 1.82) is 0 Å². The van der Waals surface area contributed by atoms with E-state index in [-0.39, 0.29) is 6.10 Å². The molecule has 21 heavy (non-hydrogen) atoms. The third kappa shape index (κ3) is 3.24. The van der Waals surface area contributed by atoms with E-state index in [4.69, 9.17) is 15.2 Å². The molecule has 5 nitrogen and oxygen atoms in total. The van der Waals surface area contributed by atoms with Crippen LogP contribution in [0.4, 0.5) is 0 Å². The maximum Gasteiger partial charge on any atom is 0.398 e. The molecule has 0 saturated carbocycles. The van der Waals surface area contributed by atoms with Gasteiger partial charge < -0.3 is 15.2 Å². The van der Waals surface area contributed by atoms with Crippen molar-refractivity contribution in [2.24, 2.45) is 5.73 Å². The Balaban J connectivity index is 1.54. The summed E-state index contributed by atoms with van der Waals surface area (Å²) in [6, 6.07) is 1.27. The SMILES string of the molecule is CC(C)OC1=[N+](C2CCN(C3CCOCC3)CC2)C=C1N. The molecule has 0 atom stereocenters.